The molecule has 31 heavy (non-hydrogen) atoms. The molecule has 1 spiro atoms. The van der Waals surface area contributed by atoms with Crippen molar-refractivity contribution >= 4 is 33.1 Å². The van der Waals surface area contributed by atoms with Crippen LogP contribution in [0.1, 0.15) is 49.7 Å². The van der Waals surface area contributed by atoms with E-state index >= 15 is 0 Å². The molecule has 6 heteroatoms. The van der Waals surface area contributed by atoms with Crippen molar-refractivity contribution in [1.29, 1.82) is 0 Å². The molecule has 2 fully saturated rings. The highest BCUT2D eigenvalue weighted by molar-refractivity contribution is 7.20. The summed E-state index contributed by atoms with van der Waals surface area (Å²) in [4.78, 5) is 31.0. The van der Waals surface area contributed by atoms with Gasteiger partial charge in [-0.25, -0.2) is 4.98 Å². The molecule has 0 amide bonds. The van der Waals surface area contributed by atoms with Crippen LogP contribution in [-0.2, 0) is 20.7 Å². The summed E-state index contributed by atoms with van der Waals surface area (Å²) in [7, 11) is 0. The first kappa shape index (κ1) is 20.3. The lowest BCUT2D eigenvalue weighted by Crippen LogP contribution is -2.42. The Labute approximate surface area is 185 Å². The zero-order valence-corrected chi connectivity index (χ0v) is 18.4. The molecule has 0 N–H and O–H groups in total. The number of benzene rings is 2. The Morgan fingerprint density at radius 3 is 2.55 bits per heavy atom. The number of fused-ring (bicyclic) bond motifs is 1. The van der Waals surface area contributed by atoms with Crippen LogP contribution in [0.4, 0.5) is 0 Å². The number of ether oxygens (including phenoxy) is 2. The fourth-order valence-corrected chi connectivity index (χ4v) is 5.75. The van der Waals surface area contributed by atoms with E-state index in [-0.39, 0.29) is 17.0 Å². The summed E-state index contributed by atoms with van der Waals surface area (Å²) in [5.41, 5.74) is 2.50. The summed E-state index contributed by atoms with van der Waals surface area (Å²) in [5.74, 6) is -0.0180. The Hall–Kier alpha value is -2.57. The summed E-state index contributed by atoms with van der Waals surface area (Å²) in [6.07, 6.45) is 3.25. The van der Waals surface area contributed by atoms with E-state index in [1.807, 2.05) is 49.4 Å². The van der Waals surface area contributed by atoms with Crippen molar-refractivity contribution in [2.45, 2.75) is 44.9 Å². The molecule has 0 atom stereocenters. The van der Waals surface area contributed by atoms with Crippen LogP contribution >= 0.6 is 11.3 Å². The third-order valence-corrected chi connectivity index (χ3v) is 7.50. The van der Waals surface area contributed by atoms with Crippen LogP contribution in [0, 0.1) is 5.41 Å². The number of Topliss-reactive ketones (excluding diaryl/α,β-unsaturated/α-hetero) is 2. The van der Waals surface area contributed by atoms with Gasteiger partial charge in [0.05, 0.1) is 10.2 Å². The summed E-state index contributed by atoms with van der Waals surface area (Å²) >= 11 is 1.48. The molecule has 1 saturated heterocycles. The first-order valence-electron chi connectivity index (χ1n) is 10.9. The van der Waals surface area contributed by atoms with Crippen molar-refractivity contribution in [2.24, 2.45) is 5.41 Å². The fraction of sp³-hybridized carbons (Fsp3) is 0.400. The Kier molecular flexibility index (Phi) is 5.36. The van der Waals surface area contributed by atoms with Crippen LogP contribution < -0.4 is 4.74 Å². The lowest BCUT2D eigenvalue weighted by Gasteiger charge is -2.41. The Bertz CT molecular complexity index is 1090. The molecule has 160 valence electrons. The van der Waals surface area contributed by atoms with Gasteiger partial charge in [-0.05, 0) is 60.1 Å². The number of thiazole rings is 1. The highest BCUT2D eigenvalue weighted by Crippen LogP contribution is 2.46. The van der Waals surface area contributed by atoms with E-state index in [0.29, 0.717) is 37.0 Å². The molecule has 2 aromatic carbocycles. The van der Waals surface area contributed by atoms with Gasteiger partial charge in [0, 0.05) is 26.1 Å². The van der Waals surface area contributed by atoms with E-state index in [1.165, 1.54) is 11.3 Å². The van der Waals surface area contributed by atoms with E-state index in [4.69, 9.17) is 9.47 Å². The molecule has 2 aliphatic rings. The number of carbonyl (C=O) groups is 2. The van der Waals surface area contributed by atoms with E-state index in [9.17, 15) is 9.59 Å². The highest BCUT2D eigenvalue weighted by Gasteiger charge is 2.46. The number of carbonyl (C=O) groups excluding carboxylic acids is 2. The summed E-state index contributed by atoms with van der Waals surface area (Å²) < 4.78 is 12.6. The number of hydrogen-bond donors (Lipinski definition) is 0. The van der Waals surface area contributed by atoms with E-state index < -0.39 is 5.92 Å². The normalized spacial score (nSPS) is 19.3. The lowest BCUT2D eigenvalue weighted by atomic mass is 9.63. The van der Waals surface area contributed by atoms with Crippen LogP contribution in [0.15, 0.2) is 42.5 Å². The minimum atomic E-state index is -0.692. The Morgan fingerprint density at radius 2 is 1.84 bits per heavy atom. The number of aryl methyl sites for hydroxylation is 1. The monoisotopic (exact) mass is 435 g/mol. The van der Waals surface area contributed by atoms with Crippen LogP contribution in [0.2, 0.25) is 0 Å². The molecule has 3 aromatic rings. The maximum atomic E-state index is 13.2. The number of ketones is 2. The van der Waals surface area contributed by atoms with Gasteiger partial charge in [0.2, 0.25) is 0 Å². The molecule has 0 bridgehead atoms. The smallest absolute Gasteiger partial charge is 0.279 e. The van der Waals surface area contributed by atoms with Gasteiger partial charge >= 0.3 is 0 Å². The molecule has 5 rings (SSSR count). The third-order valence-electron chi connectivity index (χ3n) is 6.58. The van der Waals surface area contributed by atoms with E-state index in [1.54, 1.807) is 0 Å². The molecule has 1 aliphatic carbocycles. The fourth-order valence-electron chi connectivity index (χ4n) is 4.91. The van der Waals surface area contributed by atoms with Crippen molar-refractivity contribution in [3.63, 3.8) is 0 Å². The number of para-hydroxylation sites is 1. The maximum Gasteiger partial charge on any atom is 0.279 e. The standard InChI is InChI=1S/C25H25NO4S/c1-2-16-7-8-17(30-24-26-19-5-3-4-6-22(19)31-24)13-18(16)23-20(27)14-25(15-21(23)28)9-11-29-12-10-25/h3-8,13,23H,2,9-12,14-15H2,1H3. The Morgan fingerprint density at radius 1 is 1.10 bits per heavy atom. The lowest BCUT2D eigenvalue weighted by molar-refractivity contribution is -0.139. The molecule has 0 radical (unpaired) electrons. The van der Waals surface area contributed by atoms with E-state index in [0.717, 1.165) is 40.6 Å². The predicted octanol–water partition coefficient (Wildman–Crippen LogP) is 5.46. The number of rotatable bonds is 4. The minimum absolute atomic E-state index is 0.0324. The average Bonchev–Trinajstić information content (AvgIpc) is 3.16. The van der Waals surface area contributed by atoms with Crippen molar-refractivity contribution in [3.8, 4) is 10.9 Å². The molecule has 1 aliphatic heterocycles. The second kappa shape index (κ2) is 8.17. The first-order valence-corrected chi connectivity index (χ1v) is 11.7. The number of aromatic nitrogens is 1. The quantitative estimate of drug-likeness (QED) is 0.509. The zero-order valence-electron chi connectivity index (χ0n) is 17.6. The van der Waals surface area contributed by atoms with Crippen LogP contribution in [0.5, 0.6) is 10.9 Å². The molecular weight excluding hydrogens is 410 g/mol. The van der Waals surface area contributed by atoms with Gasteiger partial charge in [-0.2, -0.15) is 0 Å². The second-order valence-corrected chi connectivity index (χ2v) is 9.59. The van der Waals surface area contributed by atoms with Gasteiger partial charge in [0.1, 0.15) is 23.2 Å². The van der Waals surface area contributed by atoms with Crippen LogP contribution in [0.3, 0.4) is 0 Å². The van der Waals surface area contributed by atoms with Crippen LogP contribution in [-0.4, -0.2) is 29.8 Å². The van der Waals surface area contributed by atoms with Gasteiger partial charge in [-0.3, -0.25) is 9.59 Å². The molecular formula is C25H25NO4S. The summed E-state index contributed by atoms with van der Waals surface area (Å²) in [6, 6.07) is 13.6. The van der Waals surface area contributed by atoms with Gasteiger partial charge < -0.3 is 9.47 Å². The largest absolute Gasteiger partial charge is 0.431 e. The first-order chi connectivity index (χ1) is 15.1. The number of nitrogens with zero attached hydrogens (tertiary/aromatic N) is 1. The van der Waals surface area contributed by atoms with Gasteiger partial charge in [0.15, 0.2) is 0 Å². The molecule has 5 nitrogen and oxygen atoms in total. The SMILES string of the molecule is CCc1ccc(Oc2nc3ccccc3s2)cc1C1C(=O)CC2(CCOCC2)CC1=O. The van der Waals surface area contributed by atoms with Crippen molar-refractivity contribution in [3.05, 3.63) is 53.6 Å². The Balaban J connectivity index is 1.44. The third kappa shape index (κ3) is 3.90. The highest BCUT2D eigenvalue weighted by atomic mass is 32.1. The molecule has 2 heterocycles. The summed E-state index contributed by atoms with van der Waals surface area (Å²) in [5, 5.41) is 0.554. The minimum Gasteiger partial charge on any atom is -0.431 e. The molecule has 1 aromatic heterocycles. The van der Waals surface area contributed by atoms with Crippen molar-refractivity contribution in [2.75, 3.05) is 13.2 Å². The van der Waals surface area contributed by atoms with Gasteiger partial charge in [-0.1, -0.05) is 36.5 Å². The number of hydrogen-bond acceptors (Lipinski definition) is 6. The average molecular weight is 436 g/mol. The maximum absolute atomic E-state index is 13.2. The zero-order chi connectivity index (χ0) is 21.4. The second-order valence-electron chi connectivity index (χ2n) is 8.60. The molecule has 0 unspecified atom stereocenters. The van der Waals surface area contributed by atoms with E-state index in [2.05, 4.69) is 4.98 Å². The predicted molar refractivity (Wildman–Crippen MR) is 120 cm³/mol. The van der Waals surface area contributed by atoms with Crippen LogP contribution in [0.25, 0.3) is 10.2 Å². The van der Waals surface area contributed by atoms with Crippen molar-refractivity contribution < 1.29 is 19.1 Å². The topological polar surface area (TPSA) is 65.5 Å². The van der Waals surface area contributed by atoms with Gasteiger partial charge in [-0.15, -0.1) is 0 Å². The van der Waals surface area contributed by atoms with Gasteiger partial charge in [0.25, 0.3) is 5.19 Å². The van der Waals surface area contributed by atoms with Crippen molar-refractivity contribution in [1.82, 2.24) is 4.98 Å². The summed E-state index contributed by atoms with van der Waals surface area (Å²) in [6.45, 7) is 3.32. The molecule has 1 saturated carbocycles.